The Bertz CT molecular complexity index is 545. The van der Waals surface area contributed by atoms with Crippen LogP contribution >= 0.6 is 11.6 Å². The summed E-state index contributed by atoms with van der Waals surface area (Å²) in [6, 6.07) is 2.79. The van der Waals surface area contributed by atoms with Crippen LogP contribution in [-0.4, -0.2) is 24.2 Å². The topological polar surface area (TPSA) is 49.4 Å². The predicted octanol–water partition coefficient (Wildman–Crippen LogP) is 2.23. The fraction of sp³-hybridized carbons (Fsp3) is 0.273. The number of amides is 2. The van der Waals surface area contributed by atoms with Crippen molar-refractivity contribution in [2.24, 2.45) is 0 Å². The van der Waals surface area contributed by atoms with Crippen molar-refractivity contribution in [3.63, 3.8) is 0 Å². The molecule has 0 spiro atoms. The smallest absolute Gasteiger partial charge is 0.323 e. The molecule has 0 saturated carbocycles. The molecule has 0 fully saturated rings. The van der Waals surface area contributed by atoms with E-state index in [4.69, 9.17) is 11.6 Å². The monoisotopic (exact) mass is 292 g/mol. The second kappa shape index (κ2) is 4.73. The molecular weight excluding hydrogens is 285 g/mol. The van der Waals surface area contributed by atoms with Gasteiger partial charge in [-0.2, -0.15) is 13.2 Å². The number of nitrogens with one attached hydrogen (secondary N) is 1. The number of fused-ring (bicyclic) bond motifs is 1. The van der Waals surface area contributed by atoms with Gasteiger partial charge in [0, 0.05) is 0 Å². The van der Waals surface area contributed by atoms with Crippen LogP contribution in [0.25, 0.3) is 0 Å². The van der Waals surface area contributed by atoms with E-state index in [1.54, 1.807) is 0 Å². The summed E-state index contributed by atoms with van der Waals surface area (Å²) in [6.07, 6.45) is -4.52. The molecule has 1 aromatic carbocycles. The molecule has 0 bridgehead atoms. The molecule has 1 aromatic rings. The first kappa shape index (κ1) is 13.7. The quantitative estimate of drug-likeness (QED) is 0.807. The zero-order valence-corrected chi connectivity index (χ0v) is 10.2. The van der Waals surface area contributed by atoms with Crippen molar-refractivity contribution in [3.05, 3.63) is 23.8 Å². The summed E-state index contributed by atoms with van der Waals surface area (Å²) in [5.74, 6) is -1.46. The molecule has 0 aromatic heterocycles. The van der Waals surface area contributed by atoms with Gasteiger partial charge in [-0.25, -0.2) is 0 Å². The van der Waals surface area contributed by atoms with Gasteiger partial charge >= 0.3 is 6.18 Å². The maximum Gasteiger partial charge on any atom is 0.416 e. The lowest BCUT2D eigenvalue weighted by Crippen LogP contribution is -2.42. The number of carbonyl (C=O) groups excluding carboxylic acids is 2. The van der Waals surface area contributed by atoms with Gasteiger partial charge in [-0.1, -0.05) is 0 Å². The molecule has 0 atom stereocenters. The van der Waals surface area contributed by atoms with Crippen LogP contribution in [0.3, 0.4) is 0 Å². The van der Waals surface area contributed by atoms with Gasteiger partial charge in [0.25, 0.3) is 0 Å². The molecular formula is C11H8ClF3N2O2. The zero-order chi connectivity index (χ0) is 14.2. The maximum absolute atomic E-state index is 12.6. The Morgan fingerprint density at radius 1 is 1.42 bits per heavy atom. The fourth-order valence-electron chi connectivity index (χ4n) is 1.76. The van der Waals surface area contributed by atoms with E-state index < -0.39 is 23.6 Å². The van der Waals surface area contributed by atoms with Crippen molar-refractivity contribution < 1.29 is 22.8 Å². The standard InChI is InChI=1S/C11H8ClF3N2O2/c12-4-10(19)17-5-9(18)16-7-3-6(11(13,14)15)1-2-8(7)17/h1-3H,4-5H2,(H,16,18). The Hall–Kier alpha value is -1.76. The summed E-state index contributed by atoms with van der Waals surface area (Å²) in [5.41, 5.74) is -0.741. The van der Waals surface area contributed by atoms with E-state index in [-0.39, 0.29) is 23.8 Å². The van der Waals surface area contributed by atoms with Gasteiger partial charge < -0.3 is 5.32 Å². The molecule has 0 aliphatic carbocycles. The van der Waals surface area contributed by atoms with Crippen molar-refractivity contribution in [1.82, 2.24) is 0 Å². The molecule has 0 radical (unpaired) electrons. The van der Waals surface area contributed by atoms with Gasteiger partial charge in [-0.15, -0.1) is 11.6 Å². The molecule has 4 nitrogen and oxygen atoms in total. The van der Waals surface area contributed by atoms with Gasteiger partial charge in [-0.05, 0) is 18.2 Å². The molecule has 8 heteroatoms. The van der Waals surface area contributed by atoms with Crippen LogP contribution in [0.1, 0.15) is 5.56 Å². The predicted molar refractivity (Wildman–Crippen MR) is 63.1 cm³/mol. The van der Waals surface area contributed by atoms with Crippen molar-refractivity contribution in [3.8, 4) is 0 Å². The molecule has 1 aliphatic rings. The van der Waals surface area contributed by atoms with Gasteiger partial charge in [0.15, 0.2) is 0 Å². The van der Waals surface area contributed by atoms with Crippen LogP contribution in [0, 0.1) is 0 Å². The Morgan fingerprint density at radius 2 is 2.11 bits per heavy atom. The van der Waals surface area contributed by atoms with Crippen LogP contribution < -0.4 is 10.2 Å². The van der Waals surface area contributed by atoms with Crippen LogP contribution in [0.2, 0.25) is 0 Å². The number of halogens is 4. The summed E-state index contributed by atoms with van der Waals surface area (Å²) >= 11 is 5.40. The summed E-state index contributed by atoms with van der Waals surface area (Å²) in [4.78, 5) is 24.0. The Balaban J connectivity index is 2.47. The van der Waals surface area contributed by atoms with Crippen LogP contribution in [0.4, 0.5) is 24.5 Å². The van der Waals surface area contributed by atoms with Crippen molar-refractivity contribution >= 4 is 34.8 Å². The highest BCUT2D eigenvalue weighted by atomic mass is 35.5. The second-order valence-corrected chi connectivity index (χ2v) is 4.16. The third-order valence-corrected chi connectivity index (χ3v) is 2.83. The lowest BCUT2D eigenvalue weighted by Gasteiger charge is -2.29. The Labute approximate surface area is 111 Å². The maximum atomic E-state index is 12.6. The number of nitrogens with zero attached hydrogens (tertiary/aromatic N) is 1. The van der Waals surface area contributed by atoms with Gasteiger partial charge in [0.05, 0.1) is 16.9 Å². The van der Waals surface area contributed by atoms with E-state index in [1.165, 1.54) is 0 Å². The highest BCUT2D eigenvalue weighted by Crippen LogP contribution is 2.36. The van der Waals surface area contributed by atoms with Gasteiger partial charge in [0.1, 0.15) is 12.4 Å². The Kier molecular flexibility index (Phi) is 3.40. The zero-order valence-electron chi connectivity index (χ0n) is 9.42. The van der Waals surface area contributed by atoms with Crippen LogP contribution in [-0.2, 0) is 15.8 Å². The molecule has 102 valence electrons. The number of hydrogen-bond donors (Lipinski definition) is 1. The van der Waals surface area contributed by atoms with Gasteiger partial charge in [-0.3, -0.25) is 14.5 Å². The van der Waals surface area contributed by atoms with Crippen molar-refractivity contribution in [2.75, 3.05) is 22.6 Å². The first-order chi connectivity index (χ1) is 8.82. The summed E-state index contributed by atoms with van der Waals surface area (Å²) in [5, 5.41) is 2.31. The molecule has 19 heavy (non-hydrogen) atoms. The number of anilines is 2. The van der Waals surface area contributed by atoms with E-state index in [9.17, 15) is 22.8 Å². The van der Waals surface area contributed by atoms with Gasteiger partial charge in [0.2, 0.25) is 11.8 Å². The average molecular weight is 293 g/mol. The minimum Gasteiger partial charge on any atom is -0.323 e. The van der Waals surface area contributed by atoms with Crippen LogP contribution in [0.15, 0.2) is 18.2 Å². The molecule has 1 heterocycles. The lowest BCUT2D eigenvalue weighted by atomic mass is 10.1. The highest BCUT2D eigenvalue weighted by molar-refractivity contribution is 6.30. The summed E-state index contributed by atoms with van der Waals surface area (Å²) < 4.78 is 37.7. The second-order valence-electron chi connectivity index (χ2n) is 3.89. The normalized spacial score (nSPS) is 14.9. The molecule has 1 N–H and O–H groups in total. The van der Waals surface area contributed by atoms with Crippen molar-refractivity contribution in [1.29, 1.82) is 0 Å². The van der Waals surface area contributed by atoms with E-state index in [1.807, 2.05) is 0 Å². The molecule has 1 aliphatic heterocycles. The fourth-order valence-corrected chi connectivity index (χ4v) is 1.91. The average Bonchev–Trinajstić information content (AvgIpc) is 2.34. The minimum atomic E-state index is -4.52. The van der Waals surface area contributed by atoms with Crippen LogP contribution in [0.5, 0.6) is 0 Å². The lowest BCUT2D eigenvalue weighted by molar-refractivity contribution is -0.137. The molecule has 0 unspecified atom stereocenters. The van der Waals surface area contributed by atoms with E-state index >= 15 is 0 Å². The van der Waals surface area contributed by atoms with E-state index in [0.29, 0.717) is 0 Å². The van der Waals surface area contributed by atoms with Crippen molar-refractivity contribution in [2.45, 2.75) is 6.18 Å². The number of hydrogen-bond acceptors (Lipinski definition) is 2. The summed E-state index contributed by atoms with van der Waals surface area (Å²) in [6.45, 7) is -0.260. The SMILES string of the molecule is O=C1CN(C(=O)CCl)c2ccc(C(F)(F)F)cc2N1. The first-order valence-corrected chi connectivity index (χ1v) is 5.74. The minimum absolute atomic E-state index is 0.0514. The Morgan fingerprint density at radius 3 is 2.68 bits per heavy atom. The molecule has 2 amide bonds. The number of carbonyl (C=O) groups is 2. The largest absolute Gasteiger partial charge is 0.416 e. The third kappa shape index (κ3) is 2.65. The van der Waals surface area contributed by atoms with E-state index in [0.717, 1.165) is 23.1 Å². The summed E-state index contributed by atoms with van der Waals surface area (Å²) in [7, 11) is 0. The number of benzene rings is 1. The number of alkyl halides is 4. The highest BCUT2D eigenvalue weighted by Gasteiger charge is 2.33. The first-order valence-electron chi connectivity index (χ1n) is 5.20. The third-order valence-electron chi connectivity index (χ3n) is 2.61. The van der Waals surface area contributed by atoms with E-state index in [2.05, 4.69) is 5.32 Å². The number of rotatable bonds is 1. The molecule has 2 rings (SSSR count). The molecule has 0 saturated heterocycles.